The van der Waals surface area contributed by atoms with Crippen molar-refractivity contribution < 1.29 is 17.9 Å². The molecule has 2 aliphatic heterocycles. The number of hydrogen-bond donors (Lipinski definition) is 0. The molecule has 8 nitrogen and oxygen atoms in total. The Kier molecular flexibility index (Phi) is 9.33. The first kappa shape index (κ1) is 28.4. The van der Waals surface area contributed by atoms with Gasteiger partial charge in [0.15, 0.2) is 0 Å². The van der Waals surface area contributed by atoms with E-state index in [-0.39, 0.29) is 17.2 Å². The fourth-order valence-corrected chi connectivity index (χ4v) is 7.06. The minimum atomic E-state index is -3.53. The Morgan fingerprint density at radius 2 is 1.58 bits per heavy atom. The maximum atomic E-state index is 13.4. The second kappa shape index (κ2) is 12.5. The van der Waals surface area contributed by atoms with Gasteiger partial charge in [0.25, 0.3) is 0 Å². The van der Waals surface area contributed by atoms with Crippen LogP contribution < -0.4 is 9.64 Å². The van der Waals surface area contributed by atoms with Crippen molar-refractivity contribution in [2.24, 2.45) is 0 Å². The van der Waals surface area contributed by atoms with E-state index < -0.39 is 10.0 Å². The van der Waals surface area contributed by atoms with Crippen LogP contribution in [0.25, 0.3) is 0 Å². The van der Waals surface area contributed by atoms with E-state index in [1.165, 1.54) is 16.8 Å². The smallest absolute Gasteiger partial charge is 0.243 e. The van der Waals surface area contributed by atoms with E-state index in [9.17, 15) is 13.2 Å². The third kappa shape index (κ3) is 6.16. The quantitative estimate of drug-likeness (QED) is 0.458. The fourth-order valence-electron chi connectivity index (χ4n) is 5.44. The summed E-state index contributed by atoms with van der Waals surface area (Å²) in [7, 11) is 0.321. The lowest BCUT2D eigenvalue weighted by molar-refractivity contribution is -0.131. The van der Waals surface area contributed by atoms with Gasteiger partial charge in [0, 0.05) is 69.2 Å². The Morgan fingerprint density at radius 3 is 2.18 bits per heavy atom. The van der Waals surface area contributed by atoms with Gasteiger partial charge in [-0.25, -0.2) is 8.42 Å². The maximum absolute atomic E-state index is 13.4. The molecule has 0 aromatic heterocycles. The van der Waals surface area contributed by atoms with Crippen molar-refractivity contribution in [1.29, 1.82) is 0 Å². The number of benzene rings is 2. The summed E-state index contributed by atoms with van der Waals surface area (Å²) in [6.07, 6.45) is 2.55. The topological polar surface area (TPSA) is 73.4 Å². The normalized spacial score (nSPS) is 16.6. The van der Waals surface area contributed by atoms with Gasteiger partial charge >= 0.3 is 0 Å². The molecule has 0 N–H and O–H groups in total. The minimum absolute atomic E-state index is 0.0528. The standard InChI is InChI=1S/C29H42N4O4S/c1-5-14-33(15-6-2)38(35,36)24-9-7-23(8-10-24)21-29(34)32-16-13-25-26(22-32)27(11-12-28(25)37-4)31-19-17-30(3)18-20-31/h7-12H,5-6,13-22H2,1-4H3. The summed E-state index contributed by atoms with van der Waals surface area (Å²) < 4.78 is 33.4. The van der Waals surface area contributed by atoms with E-state index >= 15 is 0 Å². The van der Waals surface area contributed by atoms with Crippen molar-refractivity contribution in [2.45, 2.75) is 51.0 Å². The van der Waals surface area contributed by atoms with Gasteiger partial charge < -0.3 is 19.4 Å². The zero-order valence-electron chi connectivity index (χ0n) is 23.3. The molecule has 9 heteroatoms. The van der Waals surface area contributed by atoms with Crippen LogP contribution in [-0.2, 0) is 34.2 Å². The highest BCUT2D eigenvalue weighted by molar-refractivity contribution is 7.89. The van der Waals surface area contributed by atoms with Crippen LogP contribution in [-0.4, -0.2) is 88.4 Å². The molecule has 1 saturated heterocycles. The molecule has 2 heterocycles. The highest BCUT2D eigenvalue weighted by Gasteiger charge is 2.28. The molecule has 1 fully saturated rings. The van der Waals surface area contributed by atoms with E-state index in [1.54, 1.807) is 35.7 Å². The second-order valence-electron chi connectivity index (χ2n) is 10.3. The average molecular weight is 543 g/mol. The number of anilines is 1. The number of methoxy groups -OCH3 is 1. The van der Waals surface area contributed by atoms with Crippen molar-refractivity contribution in [3.8, 4) is 5.75 Å². The first-order valence-electron chi connectivity index (χ1n) is 13.8. The Bertz CT molecular complexity index is 1200. The molecule has 38 heavy (non-hydrogen) atoms. The fraction of sp³-hybridized carbons (Fsp3) is 0.552. The second-order valence-corrected chi connectivity index (χ2v) is 12.3. The predicted molar refractivity (Wildman–Crippen MR) is 151 cm³/mol. The molecule has 0 aliphatic carbocycles. The Labute approximate surface area is 228 Å². The molecular formula is C29H42N4O4S. The van der Waals surface area contributed by atoms with Crippen molar-refractivity contribution in [1.82, 2.24) is 14.1 Å². The van der Waals surface area contributed by atoms with Crippen LogP contribution in [0.15, 0.2) is 41.3 Å². The first-order chi connectivity index (χ1) is 18.3. The minimum Gasteiger partial charge on any atom is -0.496 e. The number of likely N-dealkylation sites (N-methyl/N-ethyl adjacent to an activating group) is 1. The third-order valence-corrected chi connectivity index (χ3v) is 9.54. The summed E-state index contributed by atoms with van der Waals surface area (Å²) in [4.78, 5) is 20.3. The van der Waals surface area contributed by atoms with Crippen LogP contribution >= 0.6 is 0 Å². The van der Waals surface area contributed by atoms with E-state index in [0.29, 0.717) is 26.2 Å². The molecule has 4 rings (SSSR count). The van der Waals surface area contributed by atoms with Gasteiger partial charge in [-0.3, -0.25) is 4.79 Å². The molecule has 208 valence electrons. The van der Waals surface area contributed by atoms with E-state index in [2.05, 4.69) is 29.0 Å². The molecule has 0 radical (unpaired) electrons. The zero-order valence-corrected chi connectivity index (χ0v) is 24.1. The summed E-state index contributed by atoms with van der Waals surface area (Å²) in [5.41, 5.74) is 4.40. The summed E-state index contributed by atoms with van der Waals surface area (Å²) in [6.45, 7) is 10.1. The Balaban J connectivity index is 1.48. The molecule has 0 spiro atoms. The van der Waals surface area contributed by atoms with Crippen LogP contribution in [0.5, 0.6) is 5.75 Å². The average Bonchev–Trinajstić information content (AvgIpc) is 2.93. The number of fused-ring (bicyclic) bond motifs is 1. The number of sulfonamides is 1. The van der Waals surface area contributed by atoms with Gasteiger partial charge in [0.1, 0.15) is 5.75 Å². The molecule has 0 saturated carbocycles. The number of carbonyl (C=O) groups is 1. The van der Waals surface area contributed by atoms with Crippen molar-refractivity contribution in [3.63, 3.8) is 0 Å². The van der Waals surface area contributed by atoms with Crippen LogP contribution in [0.3, 0.4) is 0 Å². The SMILES string of the molecule is CCCN(CCC)S(=O)(=O)c1ccc(CC(=O)N2CCc3c(OC)ccc(N4CCN(C)CC4)c3C2)cc1. The van der Waals surface area contributed by atoms with Crippen LogP contribution in [0.1, 0.15) is 43.4 Å². The number of ether oxygens (including phenoxy) is 1. The molecular weight excluding hydrogens is 500 g/mol. The maximum Gasteiger partial charge on any atom is 0.243 e. The van der Waals surface area contributed by atoms with Gasteiger partial charge in [-0.1, -0.05) is 26.0 Å². The van der Waals surface area contributed by atoms with Crippen molar-refractivity contribution >= 4 is 21.6 Å². The first-order valence-corrected chi connectivity index (χ1v) is 15.2. The Hall–Kier alpha value is -2.62. The van der Waals surface area contributed by atoms with Crippen molar-refractivity contribution in [3.05, 3.63) is 53.1 Å². The number of piperazine rings is 1. The number of amides is 1. The lowest BCUT2D eigenvalue weighted by Gasteiger charge is -2.38. The summed E-state index contributed by atoms with van der Waals surface area (Å²) in [5.74, 6) is 0.943. The summed E-state index contributed by atoms with van der Waals surface area (Å²) in [6, 6.07) is 11.0. The highest BCUT2D eigenvalue weighted by atomic mass is 32.2. The van der Waals surface area contributed by atoms with Gasteiger partial charge in [-0.2, -0.15) is 4.31 Å². The molecule has 0 unspecified atom stereocenters. The molecule has 2 aromatic carbocycles. The van der Waals surface area contributed by atoms with Gasteiger partial charge in [-0.15, -0.1) is 0 Å². The number of rotatable bonds is 10. The molecule has 2 aromatic rings. The number of nitrogens with zero attached hydrogens (tertiary/aromatic N) is 4. The highest BCUT2D eigenvalue weighted by Crippen LogP contribution is 2.36. The molecule has 0 atom stereocenters. The van der Waals surface area contributed by atoms with Crippen LogP contribution in [0.4, 0.5) is 5.69 Å². The van der Waals surface area contributed by atoms with Gasteiger partial charge in [-0.05, 0) is 56.1 Å². The third-order valence-electron chi connectivity index (χ3n) is 7.62. The van der Waals surface area contributed by atoms with Crippen molar-refractivity contribution in [2.75, 3.05) is 64.9 Å². The predicted octanol–water partition coefficient (Wildman–Crippen LogP) is 3.39. The molecule has 2 aliphatic rings. The molecule has 0 bridgehead atoms. The zero-order chi connectivity index (χ0) is 27.3. The number of hydrogen-bond acceptors (Lipinski definition) is 6. The van der Waals surface area contributed by atoms with E-state index in [1.807, 2.05) is 18.7 Å². The van der Waals surface area contributed by atoms with E-state index in [4.69, 9.17) is 4.74 Å². The largest absolute Gasteiger partial charge is 0.496 e. The number of carbonyl (C=O) groups excluding carboxylic acids is 1. The van der Waals surface area contributed by atoms with Gasteiger partial charge in [0.05, 0.1) is 18.4 Å². The monoisotopic (exact) mass is 542 g/mol. The van der Waals surface area contributed by atoms with Crippen LogP contribution in [0, 0.1) is 0 Å². The lowest BCUT2D eigenvalue weighted by Crippen LogP contribution is -2.45. The Morgan fingerprint density at radius 1 is 0.921 bits per heavy atom. The van der Waals surface area contributed by atoms with E-state index in [0.717, 1.165) is 56.8 Å². The van der Waals surface area contributed by atoms with Crippen LogP contribution in [0.2, 0.25) is 0 Å². The summed E-state index contributed by atoms with van der Waals surface area (Å²) >= 11 is 0. The lowest BCUT2D eigenvalue weighted by atomic mass is 9.95. The van der Waals surface area contributed by atoms with Gasteiger partial charge in [0.2, 0.25) is 15.9 Å². The molecule has 1 amide bonds. The summed E-state index contributed by atoms with van der Waals surface area (Å²) in [5, 5.41) is 0.